The topological polar surface area (TPSA) is 73.9 Å². The molecule has 2 aliphatic rings. The highest BCUT2D eigenvalue weighted by atomic mass is 19.1. The average molecular weight is 531 g/mol. The monoisotopic (exact) mass is 531 g/mol. The molecule has 2 fully saturated rings. The summed E-state index contributed by atoms with van der Waals surface area (Å²) >= 11 is 0. The van der Waals surface area contributed by atoms with E-state index in [-0.39, 0.29) is 34.1 Å². The number of aromatic nitrogens is 1. The van der Waals surface area contributed by atoms with Gasteiger partial charge in [0.1, 0.15) is 17.2 Å². The number of pyridine rings is 1. The molecular formula is C29H28BF2N3O4. The van der Waals surface area contributed by atoms with Crippen LogP contribution >= 0.6 is 0 Å². The van der Waals surface area contributed by atoms with Crippen molar-refractivity contribution in [2.45, 2.75) is 64.2 Å². The zero-order valence-corrected chi connectivity index (χ0v) is 22.2. The van der Waals surface area contributed by atoms with E-state index >= 15 is 4.39 Å². The number of nitrogens with one attached hydrogen (secondary N) is 1. The number of anilines is 1. The number of hydrogen-bond donors (Lipinski definition) is 1. The molecule has 2 aromatic carbocycles. The van der Waals surface area contributed by atoms with Gasteiger partial charge in [0.05, 0.1) is 29.0 Å². The summed E-state index contributed by atoms with van der Waals surface area (Å²) in [5, 5.41) is 2.61. The summed E-state index contributed by atoms with van der Waals surface area (Å²) in [5.41, 5.74) is -1.42. The summed E-state index contributed by atoms with van der Waals surface area (Å²) < 4.78 is 42.2. The molecule has 10 heteroatoms. The third kappa shape index (κ3) is 4.77. The maximum Gasteiger partial charge on any atom is 0.497 e. The van der Waals surface area contributed by atoms with Crippen molar-refractivity contribution in [3.05, 3.63) is 87.5 Å². The standard InChI is InChI=1S/C29H28BF2N3O4/c1-28(2)29(3,4)39-30(38-28)22-14-13-19(15-23(22)32)34-27(37)21-16-35(20-7-6-8-20)26(33-5)24(25(21)36)17-9-11-18(31)12-10-17/h9-16,20H,6-8H2,1-4H3,(H,34,37). The van der Waals surface area contributed by atoms with Gasteiger partial charge >= 0.3 is 7.12 Å². The predicted molar refractivity (Wildman–Crippen MR) is 145 cm³/mol. The Bertz CT molecular complexity index is 1540. The van der Waals surface area contributed by atoms with E-state index in [4.69, 9.17) is 15.9 Å². The lowest BCUT2D eigenvalue weighted by Gasteiger charge is -2.32. The highest BCUT2D eigenvalue weighted by molar-refractivity contribution is 6.62. The van der Waals surface area contributed by atoms with E-state index in [1.54, 1.807) is 4.57 Å². The zero-order chi connectivity index (χ0) is 28.1. The lowest BCUT2D eigenvalue weighted by molar-refractivity contribution is 0.00578. The van der Waals surface area contributed by atoms with Crippen LogP contribution in [0, 0.1) is 18.2 Å². The Morgan fingerprint density at radius 2 is 1.72 bits per heavy atom. The van der Waals surface area contributed by atoms with E-state index < -0.39 is 41.3 Å². The van der Waals surface area contributed by atoms with Gasteiger partial charge in [-0.25, -0.2) is 8.78 Å². The normalized spacial score (nSPS) is 17.9. The van der Waals surface area contributed by atoms with E-state index in [2.05, 4.69) is 10.2 Å². The fourth-order valence-corrected chi connectivity index (χ4v) is 4.68. The van der Waals surface area contributed by atoms with Crippen LogP contribution in [0.3, 0.4) is 0 Å². The molecule has 39 heavy (non-hydrogen) atoms. The van der Waals surface area contributed by atoms with E-state index in [9.17, 15) is 14.0 Å². The minimum atomic E-state index is -0.908. The van der Waals surface area contributed by atoms with Gasteiger partial charge < -0.3 is 19.5 Å². The third-order valence-electron chi connectivity index (χ3n) is 7.93. The number of nitrogens with zero attached hydrogens (tertiary/aromatic N) is 2. The first-order valence-corrected chi connectivity index (χ1v) is 12.8. The van der Waals surface area contributed by atoms with Crippen molar-refractivity contribution in [1.82, 2.24) is 4.57 Å². The SMILES string of the molecule is [C-]#[N+]c1c(-c2ccc(F)cc2)c(=O)c(C(=O)Nc2ccc(B3OC(C)(C)C(C)(C)O3)c(F)c2)cn1C1CCC1. The number of benzene rings is 2. The Balaban J connectivity index is 1.49. The molecule has 5 rings (SSSR count). The first kappa shape index (κ1) is 26.8. The molecule has 200 valence electrons. The van der Waals surface area contributed by atoms with Crippen LogP contribution in [-0.2, 0) is 9.31 Å². The molecule has 3 aromatic rings. The van der Waals surface area contributed by atoms with Crippen molar-refractivity contribution in [2.75, 3.05) is 5.32 Å². The van der Waals surface area contributed by atoms with Gasteiger partial charge in [0.2, 0.25) is 5.82 Å². The molecule has 0 bridgehead atoms. The lowest BCUT2D eigenvalue weighted by atomic mass is 9.78. The van der Waals surface area contributed by atoms with Gasteiger partial charge in [0.15, 0.2) is 5.43 Å². The van der Waals surface area contributed by atoms with E-state index in [1.165, 1.54) is 42.6 Å². The molecule has 0 spiro atoms. The summed E-state index contributed by atoms with van der Waals surface area (Å²) in [6.45, 7) is 15.2. The maximum atomic E-state index is 15.1. The first-order chi connectivity index (χ1) is 18.4. The van der Waals surface area contributed by atoms with Crippen LogP contribution in [0.5, 0.6) is 0 Å². The molecule has 1 saturated heterocycles. The Hall–Kier alpha value is -3.81. The number of hydrogen-bond acceptors (Lipinski definition) is 4. The molecule has 1 amide bonds. The van der Waals surface area contributed by atoms with Gasteiger partial charge in [-0.15, -0.1) is 0 Å². The second-order valence-corrected chi connectivity index (χ2v) is 11.0. The Kier molecular flexibility index (Phi) is 6.69. The Morgan fingerprint density at radius 1 is 1.08 bits per heavy atom. The molecule has 1 N–H and O–H groups in total. The van der Waals surface area contributed by atoms with Gasteiger partial charge in [-0.3, -0.25) is 14.2 Å². The molecule has 2 heterocycles. The number of amides is 1. The number of carbonyl (C=O) groups excluding carboxylic acids is 1. The summed E-state index contributed by atoms with van der Waals surface area (Å²) in [4.78, 5) is 30.5. The van der Waals surface area contributed by atoms with Gasteiger partial charge in [0, 0.05) is 11.2 Å². The lowest BCUT2D eigenvalue weighted by Crippen LogP contribution is -2.41. The predicted octanol–water partition coefficient (Wildman–Crippen LogP) is 5.62. The molecule has 0 atom stereocenters. The Labute approximate surface area is 225 Å². The average Bonchev–Trinajstić information content (AvgIpc) is 3.05. The molecule has 1 aromatic heterocycles. The molecular weight excluding hydrogens is 503 g/mol. The van der Waals surface area contributed by atoms with Gasteiger partial charge in [-0.05, 0) is 76.8 Å². The second-order valence-electron chi connectivity index (χ2n) is 11.0. The van der Waals surface area contributed by atoms with Crippen molar-refractivity contribution < 1.29 is 22.9 Å². The van der Waals surface area contributed by atoms with Crippen LogP contribution < -0.4 is 16.2 Å². The molecule has 1 aliphatic heterocycles. The van der Waals surface area contributed by atoms with Crippen molar-refractivity contribution >= 4 is 30.0 Å². The van der Waals surface area contributed by atoms with E-state index in [0.29, 0.717) is 5.56 Å². The summed E-state index contributed by atoms with van der Waals surface area (Å²) in [5.74, 6) is -1.75. The zero-order valence-electron chi connectivity index (χ0n) is 22.2. The summed E-state index contributed by atoms with van der Waals surface area (Å²) in [7, 11) is -0.908. The number of carbonyl (C=O) groups is 1. The van der Waals surface area contributed by atoms with Crippen LogP contribution in [0.25, 0.3) is 16.0 Å². The minimum Gasteiger partial charge on any atom is -0.399 e. The number of halogens is 2. The largest absolute Gasteiger partial charge is 0.497 e. The van der Waals surface area contributed by atoms with Gasteiger partial charge in [-0.2, -0.15) is 0 Å². The minimum absolute atomic E-state index is 0.0305. The van der Waals surface area contributed by atoms with Crippen molar-refractivity contribution in [1.29, 1.82) is 0 Å². The van der Waals surface area contributed by atoms with Crippen molar-refractivity contribution in [2.24, 2.45) is 0 Å². The van der Waals surface area contributed by atoms with E-state index in [1.807, 2.05) is 27.7 Å². The smallest absolute Gasteiger partial charge is 0.399 e. The van der Waals surface area contributed by atoms with E-state index in [0.717, 1.165) is 25.3 Å². The first-order valence-electron chi connectivity index (χ1n) is 12.8. The molecule has 1 saturated carbocycles. The highest BCUT2D eigenvalue weighted by Crippen LogP contribution is 2.39. The fraction of sp³-hybridized carbons (Fsp3) is 0.345. The van der Waals surface area contributed by atoms with Crippen LogP contribution in [0.4, 0.5) is 20.3 Å². The number of rotatable bonds is 5. The molecule has 0 radical (unpaired) electrons. The van der Waals surface area contributed by atoms with Crippen LogP contribution in [0.2, 0.25) is 0 Å². The highest BCUT2D eigenvalue weighted by Gasteiger charge is 2.52. The van der Waals surface area contributed by atoms with Crippen LogP contribution in [0.15, 0.2) is 53.5 Å². The van der Waals surface area contributed by atoms with Gasteiger partial charge in [0.25, 0.3) is 5.91 Å². The molecule has 1 aliphatic carbocycles. The molecule has 7 nitrogen and oxygen atoms in total. The Morgan fingerprint density at radius 3 is 2.26 bits per heavy atom. The van der Waals surface area contributed by atoms with Crippen molar-refractivity contribution in [3.63, 3.8) is 0 Å². The fourth-order valence-electron chi connectivity index (χ4n) is 4.68. The quantitative estimate of drug-likeness (QED) is 0.343. The van der Waals surface area contributed by atoms with Crippen LogP contribution in [0.1, 0.15) is 63.4 Å². The van der Waals surface area contributed by atoms with Gasteiger partial charge in [-0.1, -0.05) is 24.8 Å². The summed E-state index contributed by atoms with van der Waals surface area (Å²) in [6, 6.07) is 9.34. The summed E-state index contributed by atoms with van der Waals surface area (Å²) in [6.07, 6.45) is 3.98. The molecule has 0 unspecified atom stereocenters. The maximum absolute atomic E-state index is 15.1. The second kappa shape index (κ2) is 9.74. The third-order valence-corrected chi connectivity index (χ3v) is 7.93. The van der Waals surface area contributed by atoms with Crippen molar-refractivity contribution in [3.8, 4) is 11.1 Å². The van der Waals surface area contributed by atoms with Crippen LogP contribution in [-0.4, -0.2) is 28.8 Å².